The Labute approximate surface area is 183 Å². The molecule has 1 aliphatic heterocycles. The van der Waals surface area contributed by atoms with E-state index in [9.17, 15) is 14.7 Å². The number of hydrogen-bond donors (Lipinski definition) is 2. The van der Waals surface area contributed by atoms with Crippen molar-refractivity contribution in [3.63, 3.8) is 0 Å². The molecule has 3 rings (SSSR count). The average Bonchev–Trinajstić information content (AvgIpc) is 3.38. The van der Waals surface area contributed by atoms with Gasteiger partial charge in [0.1, 0.15) is 0 Å². The number of likely N-dealkylation sites (tertiary alicyclic amines) is 1. The van der Waals surface area contributed by atoms with Crippen LogP contribution in [0.3, 0.4) is 0 Å². The Morgan fingerprint density at radius 3 is 2.84 bits per heavy atom. The van der Waals surface area contributed by atoms with E-state index < -0.39 is 12.1 Å². The van der Waals surface area contributed by atoms with E-state index in [0.29, 0.717) is 25.9 Å². The molecule has 7 nitrogen and oxygen atoms in total. The molecule has 0 radical (unpaired) electrons. The molecular formula is C24H31N3O4. The number of rotatable bonds is 12. The minimum Gasteiger partial charge on any atom is -0.481 e. The van der Waals surface area contributed by atoms with Crippen LogP contribution in [0.25, 0.3) is 0 Å². The number of aromatic nitrogens is 2. The molecule has 1 aromatic heterocycles. The number of carboxylic acids is 1. The largest absolute Gasteiger partial charge is 0.481 e. The third-order valence-electron chi connectivity index (χ3n) is 5.63. The first-order valence-corrected chi connectivity index (χ1v) is 11.0. The minimum atomic E-state index is -0.759. The monoisotopic (exact) mass is 425 g/mol. The maximum atomic E-state index is 12.2. The van der Waals surface area contributed by atoms with Crippen LogP contribution < -0.4 is 0 Å². The number of hydrogen-bond acceptors (Lipinski definition) is 4. The van der Waals surface area contributed by atoms with Crippen LogP contribution in [-0.4, -0.2) is 49.4 Å². The Kier molecular flexibility index (Phi) is 8.41. The molecule has 0 bridgehead atoms. The van der Waals surface area contributed by atoms with E-state index in [1.165, 1.54) is 0 Å². The minimum absolute atomic E-state index is 0.00780. The van der Waals surface area contributed by atoms with E-state index in [4.69, 9.17) is 5.11 Å². The van der Waals surface area contributed by atoms with Gasteiger partial charge in [0.05, 0.1) is 18.7 Å². The first-order valence-electron chi connectivity index (χ1n) is 11.0. The first-order chi connectivity index (χ1) is 15.0. The molecule has 31 heavy (non-hydrogen) atoms. The molecular weight excluding hydrogens is 394 g/mol. The molecule has 1 fully saturated rings. The van der Waals surface area contributed by atoms with E-state index in [1.807, 2.05) is 52.2 Å². The van der Waals surface area contributed by atoms with Gasteiger partial charge in [0.15, 0.2) is 0 Å². The van der Waals surface area contributed by atoms with Gasteiger partial charge in [-0.3, -0.25) is 14.3 Å². The van der Waals surface area contributed by atoms with Gasteiger partial charge in [0, 0.05) is 31.8 Å². The maximum Gasteiger partial charge on any atom is 0.303 e. The Morgan fingerprint density at radius 1 is 1.23 bits per heavy atom. The molecule has 1 saturated heterocycles. The molecule has 7 heteroatoms. The van der Waals surface area contributed by atoms with Crippen molar-refractivity contribution in [2.24, 2.45) is 0 Å². The molecule has 2 heterocycles. The second kappa shape index (κ2) is 11.5. The molecule has 2 N–H and O–H groups in total. The highest BCUT2D eigenvalue weighted by atomic mass is 16.4. The van der Waals surface area contributed by atoms with E-state index in [0.717, 1.165) is 36.8 Å². The summed E-state index contributed by atoms with van der Waals surface area (Å²) in [5.74, 6) is -0.610. The Morgan fingerprint density at radius 2 is 2.06 bits per heavy atom. The van der Waals surface area contributed by atoms with Crippen LogP contribution in [0.15, 0.2) is 54.9 Å². The van der Waals surface area contributed by atoms with Crippen LogP contribution in [0.1, 0.15) is 62.2 Å². The summed E-state index contributed by atoms with van der Waals surface area (Å²) in [5.41, 5.74) is 1.88. The van der Waals surface area contributed by atoms with Gasteiger partial charge < -0.3 is 15.1 Å². The Balaban J connectivity index is 1.51. The second-order valence-electron chi connectivity index (χ2n) is 8.03. The fraction of sp³-hybridized carbons (Fsp3) is 0.458. The van der Waals surface area contributed by atoms with Crippen LogP contribution in [0.4, 0.5) is 0 Å². The molecule has 1 amide bonds. The van der Waals surface area contributed by atoms with Gasteiger partial charge in [-0.1, -0.05) is 49.3 Å². The van der Waals surface area contributed by atoms with Gasteiger partial charge in [-0.2, -0.15) is 5.10 Å². The summed E-state index contributed by atoms with van der Waals surface area (Å²) in [7, 11) is 0. The molecule has 2 atom stereocenters. The fourth-order valence-corrected chi connectivity index (χ4v) is 3.96. The zero-order valence-corrected chi connectivity index (χ0v) is 17.8. The average molecular weight is 426 g/mol. The highest BCUT2D eigenvalue weighted by Gasteiger charge is 2.28. The number of carbonyl (C=O) groups excluding carboxylic acids is 1. The third-order valence-corrected chi connectivity index (χ3v) is 5.63. The number of aliphatic hydroxyl groups excluding tert-OH is 1. The van der Waals surface area contributed by atoms with Crippen molar-refractivity contribution >= 4 is 11.9 Å². The molecule has 166 valence electrons. The topological polar surface area (TPSA) is 95.7 Å². The van der Waals surface area contributed by atoms with Gasteiger partial charge in [-0.25, -0.2) is 0 Å². The van der Waals surface area contributed by atoms with E-state index in [1.54, 1.807) is 12.3 Å². The van der Waals surface area contributed by atoms with Crippen LogP contribution in [0, 0.1) is 0 Å². The number of aliphatic hydroxyl groups is 1. The third kappa shape index (κ3) is 7.07. The molecule has 0 aliphatic carbocycles. The van der Waals surface area contributed by atoms with Crippen molar-refractivity contribution in [3.8, 4) is 0 Å². The van der Waals surface area contributed by atoms with E-state index >= 15 is 0 Å². The first kappa shape index (κ1) is 22.7. The highest BCUT2D eigenvalue weighted by molar-refractivity contribution is 5.79. The quantitative estimate of drug-likeness (QED) is 0.401. The highest BCUT2D eigenvalue weighted by Crippen LogP contribution is 2.23. The van der Waals surface area contributed by atoms with Gasteiger partial charge in [-0.15, -0.1) is 0 Å². The molecule has 0 saturated carbocycles. The lowest BCUT2D eigenvalue weighted by molar-refractivity contribution is -0.137. The number of benzene rings is 1. The van der Waals surface area contributed by atoms with Crippen LogP contribution in [0.2, 0.25) is 0 Å². The summed E-state index contributed by atoms with van der Waals surface area (Å²) in [6.45, 7) is 1.32. The normalized spacial score (nSPS) is 17.5. The molecule has 0 spiro atoms. The Bertz CT molecular complexity index is 879. The lowest BCUT2D eigenvalue weighted by Gasteiger charge is -2.22. The van der Waals surface area contributed by atoms with Crippen molar-refractivity contribution in [1.29, 1.82) is 0 Å². The maximum absolute atomic E-state index is 12.2. The number of unbranched alkanes of at least 4 members (excludes halogenated alkanes) is 3. The summed E-state index contributed by atoms with van der Waals surface area (Å²) in [5, 5.41) is 23.5. The predicted octanol–water partition coefficient (Wildman–Crippen LogP) is 3.55. The zero-order chi connectivity index (χ0) is 22.1. The molecule has 1 aliphatic rings. The molecule has 1 unspecified atom stereocenters. The van der Waals surface area contributed by atoms with E-state index in [-0.39, 0.29) is 18.4 Å². The van der Waals surface area contributed by atoms with Crippen molar-refractivity contribution in [3.05, 3.63) is 66.0 Å². The summed E-state index contributed by atoms with van der Waals surface area (Å²) in [6, 6.07) is 9.71. The standard InChI is InChI=1S/C24H31N3O4/c28-22(20-8-5-7-19(17-20)18-26-15-6-14-25-26)12-10-21-11-13-23(29)27(21)16-4-2-1-3-9-24(30)31/h5-8,10,12,14-15,17,21-22,28H,1-4,9,11,13,16,18H2,(H,30,31)/b12-10+/t21?,22-/m1/s1. The van der Waals surface area contributed by atoms with Crippen LogP contribution in [-0.2, 0) is 16.1 Å². The summed E-state index contributed by atoms with van der Waals surface area (Å²) >= 11 is 0. The van der Waals surface area contributed by atoms with Gasteiger partial charge in [0.25, 0.3) is 0 Å². The summed E-state index contributed by atoms with van der Waals surface area (Å²) < 4.78 is 1.84. The number of carbonyl (C=O) groups is 2. The summed E-state index contributed by atoms with van der Waals surface area (Å²) in [6.07, 6.45) is 11.5. The number of aliphatic carboxylic acids is 1. The SMILES string of the molecule is O=C(O)CCCCCCN1C(=O)CCC1/C=C/[C@@H](O)c1cccc(Cn2cccn2)c1. The summed E-state index contributed by atoms with van der Waals surface area (Å²) in [4.78, 5) is 24.7. The number of nitrogens with zero attached hydrogens (tertiary/aromatic N) is 3. The van der Waals surface area contributed by atoms with Crippen LogP contribution in [0.5, 0.6) is 0 Å². The predicted molar refractivity (Wildman–Crippen MR) is 117 cm³/mol. The zero-order valence-electron chi connectivity index (χ0n) is 17.8. The lowest BCUT2D eigenvalue weighted by atomic mass is 10.0. The molecule has 1 aromatic carbocycles. The second-order valence-corrected chi connectivity index (χ2v) is 8.03. The van der Waals surface area contributed by atoms with Crippen molar-refractivity contribution in [1.82, 2.24) is 14.7 Å². The Hall–Kier alpha value is -2.93. The van der Waals surface area contributed by atoms with Crippen LogP contribution >= 0.6 is 0 Å². The lowest BCUT2D eigenvalue weighted by Crippen LogP contribution is -2.32. The van der Waals surface area contributed by atoms with E-state index in [2.05, 4.69) is 5.10 Å². The fourth-order valence-electron chi connectivity index (χ4n) is 3.96. The van der Waals surface area contributed by atoms with Gasteiger partial charge in [0.2, 0.25) is 5.91 Å². The van der Waals surface area contributed by atoms with Gasteiger partial charge in [-0.05, 0) is 36.5 Å². The van der Waals surface area contributed by atoms with Crippen molar-refractivity contribution in [2.45, 2.75) is 63.6 Å². The smallest absolute Gasteiger partial charge is 0.303 e. The van der Waals surface area contributed by atoms with Crippen molar-refractivity contribution in [2.75, 3.05) is 6.54 Å². The number of carboxylic acid groups (broad SMARTS) is 1. The van der Waals surface area contributed by atoms with Crippen molar-refractivity contribution < 1.29 is 19.8 Å². The number of amides is 1. The van der Waals surface area contributed by atoms with Gasteiger partial charge >= 0.3 is 5.97 Å². The molecule has 2 aromatic rings.